The Morgan fingerprint density at radius 3 is 2.69 bits per heavy atom. The number of thiophene rings is 1. The highest BCUT2D eigenvalue weighted by Gasteiger charge is 2.27. The van der Waals surface area contributed by atoms with Crippen LogP contribution in [0.4, 0.5) is 0 Å². The zero-order chi connectivity index (χ0) is 20.6. The van der Waals surface area contributed by atoms with Gasteiger partial charge >= 0.3 is 0 Å². The van der Waals surface area contributed by atoms with Crippen LogP contribution in [0, 0.1) is 4.84 Å². The van der Waals surface area contributed by atoms with E-state index in [4.69, 9.17) is 33.0 Å². The molecule has 0 aliphatic carbocycles. The number of morpholine rings is 1. The van der Waals surface area contributed by atoms with Crippen LogP contribution in [-0.2, 0) is 28.0 Å². The Kier molecular flexibility index (Phi) is 6.12. The molecule has 0 atom stereocenters. The lowest BCUT2D eigenvalue weighted by atomic mass is 10.3. The van der Waals surface area contributed by atoms with Gasteiger partial charge in [-0.05, 0) is 49.6 Å². The predicted molar refractivity (Wildman–Crippen MR) is 115 cm³/mol. The molecule has 0 amide bonds. The maximum Gasteiger partial charge on any atom is 0.270 e. The highest BCUT2D eigenvalue weighted by molar-refractivity contribution is 7.89. The fourth-order valence-corrected chi connectivity index (χ4v) is 6.11. The van der Waals surface area contributed by atoms with E-state index in [1.807, 2.05) is 19.2 Å². The molecular formula is C18H20ClN3O4S3. The summed E-state index contributed by atoms with van der Waals surface area (Å²) in [5.41, 5.74) is 1.21. The Morgan fingerprint density at radius 1 is 1.24 bits per heavy atom. The number of ether oxygens (including phenoxy) is 1. The van der Waals surface area contributed by atoms with Crippen molar-refractivity contribution >= 4 is 56.3 Å². The highest BCUT2D eigenvalue weighted by Crippen LogP contribution is 2.26. The molecule has 29 heavy (non-hydrogen) atoms. The van der Waals surface area contributed by atoms with Crippen LogP contribution in [-0.4, -0.2) is 55.5 Å². The maximum absolute atomic E-state index is 13.0. The number of sulfonamides is 1. The van der Waals surface area contributed by atoms with Crippen molar-refractivity contribution < 1.29 is 17.6 Å². The molecule has 7 nitrogen and oxygen atoms in total. The zero-order valence-electron chi connectivity index (χ0n) is 15.7. The molecule has 11 heteroatoms. The van der Waals surface area contributed by atoms with Crippen LogP contribution >= 0.6 is 35.2 Å². The van der Waals surface area contributed by atoms with Gasteiger partial charge in [-0.3, -0.25) is 9.47 Å². The predicted octanol–water partition coefficient (Wildman–Crippen LogP) is 3.79. The molecule has 0 spiro atoms. The average molecular weight is 474 g/mol. The van der Waals surface area contributed by atoms with Crippen LogP contribution in [0.25, 0.3) is 11.1 Å². The number of hydrogen-bond acceptors (Lipinski definition) is 7. The molecule has 1 fully saturated rings. The summed E-state index contributed by atoms with van der Waals surface area (Å²) in [6.07, 6.45) is 0. The van der Waals surface area contributed by atoms with Crippen LogP contribution < -0.4 is 0 Å². The van der Waals surface area contributed by atoms with Crippen molar-refractivity contribution in [1.82, 2.24) is 13.8 Å². The molecule has 3 heterocycles. The summed E-state index contributed by atoms with van der Waals surface area (Å²) in [6, 6.07) is 8.72. The summed E-state index contributed by atoms with van der Waals surface area (Å²) >= 11 is 12.9. The molecule has 0 bridgehead atoms. The molecule has 2 aromatic heterocycles. The molecule has 4 rings (SSSR count). The fraction of sp³-hybridized carbons (Fsp3) is 0.389. The number of rotatable bonds is 6. The Bertz CT molecular complexity index is 1180. The summed E-state index contributed by atoms with van der Waals surface area (Å²) < 4.78 is 40.9. The molecule has 0 N–H and O–H groups in total. The van der Waals surface area contributed by atoms with Crippen molar-refractivity contribution in [3.63, 3.8) is 0 Å². The van der Waals surface area contributed by atoms with Gasteiger partial charge in [0, 0.05) is 24.5 Å². The van der Waals surface area contributed by atoms with Gasteiger partial charge in [0.2, 0.25) is 10.0 Å². The lowest BCUT2D eigenvalue weighted by Gasteiger charge is -2.26. The molecule has 0 unspecified atom stereocenters. The summed E-state index contributed by atoms with van der Waals surface area (Å²) in [4.78, 5) is 3.73. The lowest BCUT2D eigenvalue weighted by molar-refractivity contribution is 0.0730. The first-order valence-corrected chi connectivity index (χ1v) is 12.0. The first-order chi connectivity index (χ1) is 13.8. The third kappa shape index (κ3) is 4.43. The highest BCUT2D eigenvalue weighted by atomic mass is 35.5. The Morgan fingerprint density at radius 2 is 2.00 bits per heavy atom. The van der Waals surface area contributed by atoms with Crippen molar-refractivity contribution in [2.75, 3.05) is 33.4 Å². The van der Waals surface area contributed by atoms with E-state index >= 15 is 0 Å². The van der Waals surface area contributed by atoms with E-state index in [1.165, 1.54) is 15.6 Å². The molecule has 3 aromatic rings. The Labute approximate surface area is 183 Å². The third-order valence-corrected chi connectivity index (χ3v) is 8.10. The summed E-state index contributed by atoms with van der Waals surface area (Å²) in [7, 11) is -1.64. The minimum Gasteiger partial charge on any atom is -0.429 e. The monoisotopic (exact) mass is 473 g/mol. The molecule has 156 valence electrons. The number of aromatic nitrogens is 1. The SMILES string of the molecule is CN(Cc1ccc(Cl)s1)Cn1c(=S)oc2ccc(S(=O)(=O)N3CCOCC3)cc21. The topological polar surface area (TPSA) is 67.9 Å². The van der Waals surface area contributed by atoms with Gasteiger partial charge in [-0.1, -0.05) is 11.6 Å². The van der Waals surface area contributed by atoms with E-state index < -0.39 is 10.0 Å². The van der Waals surface area contributed by atoms with Crippen LogP contribution in [0.5, 0.6) is 0 Å². The standard InChI is InChI=1S/C18H20ClN3O4S3/c1-20(11-13-2-5-17(19)28-13)12-22-15-10-14(3-4-16(15)26-18(22)27)29(23,24)21-6-8-25-9-7-21/h2-5,10H,6-9,11-12H2,1H3. The number of benzene rings is 1. The molecule has 1 aliphatic heterocycles. The quantitative estimate of drug-likeness (QED) is 0.507. The molecule has 1 aromatic carbocycles. The van der Waals surface area contributed by atoms with Crippen molar-refractivity contribution in [3.05, 3.63) is 44.4 Å². The molecule has 0 saturated carbocycles. The van der Waals surface area contributed by atoms with Crippen molar-refractivity contribution in [2.24, 2.45) is 0 Å². The first kappa shape index (κ1) is 21.0. The second kappa shape index (κ2) is 8.46. The second-order valence-corrected chi connectivity index (χ2v) is 10.9. The van der Waals surface area contributed by atoms with E-state index in [0.29, 0.717) is 55.5 Å². The Hall–Kier alpha value is -1.27. The van der Waals surface area contributed by atoms with Gasteiger partial charge in [-0.25, -0.2) is 8.42 Å². The van der Waals surface area contributed by atoms with E-state index in [-0.39, 0.29) is 4.90 Å². The van der Waals surface area contributed by atoms with Gasteiger partial charge in [-0.2, -0.15) is 4.31 Å². The van der Waals surface area contributed by atoms with Crippen molar-refractivity contribution in [3.8, 4) is 0 Å². The second-order valence-electron chi connectivity index (χ2n) is 6.80. The third-order valence-electron chi connectivity index (χ3n) is 4.68. The number of nitrogens with zero attached hydrogens (tertiary/aromatic N) is 3. The van der Waals surface area contributed by atoms with Gasteiger partial charge in [0.15, 0.2) is 5.58 Å². The summed E-state index contributed by atoms with van der Waals surface area (Å²) in [5.74, 6) is 0. The minimum absolute atomic E-state index is 0.226. The van der Waals surface area contributed by atoms with Crippen LogP contribution in [0.15, 0.2) is 39.6 Å². The van der Waals surface area contributed by atoms with E-state index in [1.54, 1.807) is 22.8 Å². The van der Waals surface area contributed by atoms with Gasteiger partial charge in [0.1, 0.15) is 0 Å². The minimum atomic E-state index is -3.60. The van der Waals surface area contributed by atoms with Gasteiger partial charge < -0.3 is 9.15 Å². The van der Waals surface area contributed by atoms with Gasteiger partial charge in [0.05, 0.1) is 34.6 Å². The van der Waals surface area contributed by atoms with Crippen molar-refractivity contribution in [1.29, 1.82) is 0 Å². The molecule has 0 radical (unpaired) electrons. The fourth-order valence-electron chi connectivity index (χ4n) is 3.27. The normalized spacial score (nSPS) is 16.1. The van der Waals surface area contributed by atoms with Crippen LogP contribution in [0.3, 0.4) is 0 Å². The Balaban J connectivity index is 1.63. The van der Waals surface area contributed by atoms with E-state index in [0.717, 1.165) is 9.21 Å². The van der Waals surface area contributed by atoms with Crippen LogP contribution in [0.1, 0.15) is 4.88 Å². The van der Waals surface area contributed by atoms with Gasteiger partial charge in [0.25, 0.3) is 4.84 Å². The number of halogens is 1. The maximum atomic E-state index is 13.0. The molecule has 1 aliphatic rings. The van der Waals surface area contributed by atoms with Crippen molar-refractivity contribution in [2.45, 2.75) is 18.1 Å². The lowest BCUT2D eigenvalue weighted by Crippen LogP contribution is -2.40. The molecule has 1 saturated heterocycles. The number of fused-ring (bicyclic) bond motifs is 1. The largest absolute Gasteiger partial charge is 0.429 e. The first-order valence-electron chi connectivity index (χ1n) is 8.98. The van der Waals surface area contributed by atoms with E-state index in [2.05, 4.69) is 4.90 Å². The zero-order valence-corrected chi connectivity index (χ0v) is 18.9. The molecular weight excluding hydrogens is 454 g/mol. The van der Waals surface area contributed by atoms with E-state index in [9.17, 15) is 8.42 Å². The summed E-state index contributed by atoms with van der Waals surface area (Å²) in [5, 5.41) is 0. The van der Waals surface area contributed by atoms with Crippen LogP contribution in [0.2, 0.25) is 4.34 Å². The summed E-state index contributed by atoms with van der Waals surface area (Å²) in [6.45, 7) is 2.66. The number of hydrogen-bond donors (Lipinski definition) is 0. The number of oxazole rings is 1. The average Bonchev–Trinajstić information content (AvgIpc) is 3.24. The van der Waals surface area contributed by atoms with Gasteiger partial charge in [-0.15, -0.1) is 11.3 Å². The smallest absolute Gasteiger partial charge is 0.270 e.